The Balaban J connectivity index is 0.000000219. The predicted octanol–water partition coefficient (Wildman–Crippen LogP) is 2.82. The van der Waals surface area contributed by atoms with Gasteiger partial charge in [0.25, 0.3) is 0 Å². The second-order valence-electron chi connectivity index (χ2n) is 5.61. The Bertz CT molecular complexity index is 497. The molecule has 4 N–H and O–H groups in total. The fraction of sp³-hybridized carbons (Fsp3) is 0.412. The van der Waals surface area contributed by atoms with Crippen molar-refractivity contribution in [3.63, 3.8) is 0 Å². The van der Waals surface area contributed by atoms with Crippen LogP contribution < -0.4 is 16.4 Å². The van der Waals surface area contributed by atoms with Crippen LogP contribution in [0.25, 0.3) is 0 Å². The molecule has 21 heavy (non-hydrogen) atoms. The van der Waals surface area contributed by atoms with Crippen LogP contribution in [-0.4, -0.2) is 18.7 Å². The van der Waals surface area contributed by atoms with Crippen molar-refractivity contribution >= 4 is 5.69 Å². The summed E-state index contributed by atoms with van der Waals surface area (Å²) in [6.07, 6.45) is 2.00. The molecule has 116 valence electrons. The van der Waals surface area contributed by atoms with Gasteiger partial charge in [-0.1, -0.05) is 12.1 Å². The highest BCUT2D eigenvalue weighted by Gasteiger charge is 2.00. The number of benzene rings is 1. The molecule has 0 bridgehead atoms. The average molecular weight is 288 g/mol. The monoisotopic (exact) mass is 288 g/mol. The lowest BCUT2D eigenvalue weighted by molar-refractivity contribution is 0.715. The summed E-state index contributed by atoms with van der Waals surface area (Å²) in [6, 6.07) is 12.6. The molecule has 1 aromatic heterocycles. The third kappa shape index (κ3) is 5.25. The standard InChI is InChI=1S/C10H16N2.C7H12N2/c1-8(11)9-4-6-10(7-5-9)12(2)3;1-6(8)7-4-3-5-9(7)2/h4-8H,11H2,1-3H3;3-6H,8H2,1-2H3. The maximum absolute atomic E-state index is 5.73. The van der Waals surface area contributed by atoms with Crippen LogP contribution in [0, 0.1) is 0 Å². The first kappa shape index (κ1) is 17.3. The maximum Gasteiger partial charge on any atom is 0.0421 e. The molecule has 0 saturated heterocycles. The fourth-order valence-corrected chi connectivity index (χ4v) is 2.02. The lowest BCUT2D eigenvalue weighted by atomic mass is 10.1. The van der Waals surface area contributed by atoms with E-state index in [4.69, 9.17) is 11.5 Å². The van der Waals surface area contributed by atoms with Gasteiger partial charge in [0.1, 0.15) is 0 Å². The molecule has 0 saturated carbocycles. The van der Waals surface area contributed by atoms with E-state index in [2.05, 4.69) is 29.2 Å². The van der Waals surface area contributed by atoms with E-state index in [1.165, 1.54) is 16.9 Å². The molecule has 0 fully saturated rings. The van der Waals surface area contributed by atoms with Crippen LogP contribution in [0.5, 0.6) is 0 Å². The number of hydrogen-bond acceptors (Lipinski definition) is 3. The summed E-state index contributed by atoms with van der Waals surface area (Å²) < 4.78 is 2.03. The number of nitrogens with zero attached hydrogens (tertiary/aromatic N) is 2. The molecule has 0 amide bonds. The van der Waals surface area contributed by atoms with Gasteiger partial charge in [0, 0.05) is 50.8 Å². The summed E-state index contributed by atoms with van der Waals surface area (Å²) in [4.78, 5) is 2.07. The summed E-state index contributed by atoms with van der Waals surface area (Å²) in [5.41, 5.74) is 14.9. The van der Waals surface area contributed by atoms with Crippen LogP contribution in [0.4, 0.5) is 5.69 Å². The lowest BCUT2D eigenvalue weighted by Crippen LogP contribution is -2.09. The van der Waals surface area contributed by atoms with Gasteiger partial charge >= 0.3 is 0 Å². The van der Waals surface area contributed by atoms with Crippen molar-refractivity contribution in [2.75, 3.05) is 19.0 Å². The zero-order valence-corrected chi connectivity index (χ0v) is 13.7. The minimum atomic E-state index is 0.126. The molecular weight excluding hydrogens is 260 g/mol. The first-order chi connectivity index (χ1) is 9.82. The van der Waals surface area contributed by atoms with Crippen molar-refractivity contribution in [3.8, 4) is 0 Å². The number of nitrogens with two attached hydrogens (primary N) is 2. The van der Waals surface area contributed by atoms with Crippen molar-refractivity contribution in [2.45, 2.75) is 25.9 Å². The van der Waals surface area contributed by atoms with Crippen LogP contribution in [0.3, 0.4) is 0 Å². The molecule has 2 unspecified atom stereocenters. The largest absolute Gasteiger partial charge is 0.378 e. The molecule has 4 heteroatoms. The third-order valence-corrected chi connectivity index (χ3v) is 3.39. The highest BCUT2D eigenvalue weighted by molar-refractivity contribution is 5.46. The summed E-state index contributed by atoms with van der Waals surface area (Å²) in [5.74, 6) is 0. The van der Waals surface area contributed by atoms with E-state index in [0.717, 1.165) is 0 Å². The minimum absolute atomic E-state index is 0.126. The molecule has 2 atom stereocenters. The highest BCUT2D eigenvalue weighted by Crippen LogP contribution is 2.15. The zero-order chi connectivity index (χ0) is 16.0. The van der Waals surface area contributed by atoms with Gasteiger partial charge in [0.15, 0.2) is 0 Å². The maximum atomic E-state index is 5.73. The van der Waals surface area contributed by atoms with Gasteiger partial charge in [-0.05, 0) is 43.7 Å². The Kier molecular flexibility index (Phi) is 6.46. The number of anilines is 1. The van der Waals surface area contributed by atoms with Crippen LogP contribution in [0.2, 0.25) is 0 Å². The van der Waals surface area contributed by atoms with E-state index >= 15 is 0 Å². The molecule has 4 nitrogen and oxygen atoms in total. The Hall–Kier alpha value is -1.78. The topological polar surface area (TPSA) is 60.2 Å². The quantitative estimate of drug-likeness (QED) is 0.913. The zero-order valence-electron chi connectivity index (χ0n) is 13.7. The molecule has 2 aromatic rings. The van der Waals surface area contributed by atoms with Crippen molar-refractivity contribution in [1.82, 2.24) is 4.57 Å². The number of aromatic nitrogens is 1. The summed E-state index contributed by atoms with van der Waals surface area (Å²) in [5, 5.41) is 0. The molecule has 0 aliphatic carbocycles. The van der Waals surface area contributed by atoms with E-state index in [-0.39, 0.29) is 12.1 Å². The lowest BCUT2D eigenvalue weighted by Gasteiger charge is -2.13. The summed E-state index contributed by atoms with van der Waals surface area (Å²) in [6.45, 7) is 3.97. The van der Waals surface area contributed by atoms with Gasteiger partial charge in [-0.2, -0.15) is 0 Å². The predicted molar refractivity (Wildman–Crippen MR) is 91.4 cm³/mol. The van der Waals surface area contributed by atoms with Gasteiger partial charge in [-0.3, -0.25) is 0 Å². The second-order valence-corrected chi connectivity index (χ2v) is 5.61. The molecule has 1 heterocycles. The van der Waals surface area contributed by atoms with E-state index in [9.17, 15) is 0 Å². The first-order valence-electron chi connectivity index (χ1n) is 7.22. The Labute approximate surface area is 128 Å². The number of rotatable bonds is 3. The van der Waals surface area contributed by atoms with E-state index < -0.39 is 0 Å². The number of aryl methyl sites for hydroxylation is 1. The van der Waals surface area contributed by atoms with Gasteiger partial charge in [0.05, 0.1) is 0 Å². The van der Waals surface area contributed by atoms with Crippen LogP contribution in [0.1, 0.15) is 37.2 Å². The molecule has 0 aliphatic heterocycles. The first-order valence-corrected chi connectivity index (χ1v) is 7.22. The molecular formula is C17H28N4. The van der Waals surface area contributed by atoms with E-state index in [1.54, 1.807) is 0 Å². The normalized spacial score (nSPS) is 13.1. The van der Waals surface area contributed by atoms with Crippen LogP contribution in [0.15, 0.2) is 42.6 Å². The van der Waals surface area contributed by atoms with Crippen molar-refractivity contribution in [3.05, 3.63) is 53.9 Å². The Morgan fingerprint density at radius 1 is 0.952 bits per heavy atom. The average Bonchev–Trinajstić information content (AvgIpc) is 2.86. The van der Waals surface area contributed by atoms with E-state index in [0.29, 0.717) is 0 Å². The molecule has 0 radical (unpaired) electrons. The molecule has 0 aliphatic rings. The van der Waals surface area contributed by atoms with E-state index in [1.807, 2.05) is 57.9 Å². The second kappa shape index (κ2) is 7.86. The van der Waals surface area contributed by atoms with Crippen molar-refractivity contribution in [1.29, 1.82) is 0 Å². The Morgan fingerprint density at radius 2 is 1.52 bits per heavy atom. The minimum Gasteiger partial charge on any atom is -0.378 e. The molecule has 0 spiro atoms. The van der Waals surface area contributed by atoms with Gasteiger partial charge < -0.3 is 20.9 Å². The van der Waals surface area contributed by atoms with Gasteiger partial charge in [-0.15, -0.1) is 0 Å². The smallest absolute Gasteiger partial charge is 0.0421 e. The van der Waals surface area contributed by atoms with Crippen LogP contribution in [-0.2, 0) is 7.05 Å². The van der Waals surface area contributed by atoms with Crippen LogP contribution >= 0.6 is 0 Å². The third-order valence-electron chi connectivity index (χ3n) is 3.39. The van der Waals surface area contributed by atoms with Crippen molar-refractivity contribution < 1.29 is 0 Å². The number of hydrogen-bond donors (Lipinski definition) is 2. The molecule has 1 aromatic carbocycles. The van der Waals surface area contributed by atoms with Crippen molar-refractivity contribution in [2.24, 2.45) is 18.5 Å². The summed E-state index contributed by atoms with van der Waals surface area (Å²) >= 11 is 0. The van der Waals surface area contributed by atoms with Gasteiger partial charge in [-0.25, -0.2) is 0 Å². The SMILES string of the molecule is CC(N)c1ccc(N(C)C)cc1.CC(N)c1cccn1C. The summed E-state index contributed by atoms with van der Waals surface area (Å²) in [7, 11) is 6.06. The fourth-order valence-electron chi connectivity index (χ4n) is 2.02. The molecule has 2 rings (SSSR count). The highest BCUT2D eigenvalue weighted by atomic mass is 15.1. The van der Waals surface area contributed by atoms with Gasteiger partial charge in [0.2, 0.25) is 0 Å². The Morgan fingerprint density at radius 3 is 1.81 bits per heavy atom.